The molecule has 0 bridgehead atoms. The van der Waals surface area contributed by atoms with Gasteiger partial charge in [-0.15, -0.1) is 10.2 Å². The normalized spacial score (nSPS) is 17.4. The van der Waals surface area contributed by atoms with Crippen LogP contribution in [0.5, 0.6) is 0 Å². The van der Waals surface area contributed by atoms with Crippen molar-refractivity contribution in [2.75, 3.05) is 13.2 Å². The van der Waals surface area contributed by atoms with Crippen molar-refractivity contribution in [1.82, 2.24) is 15.1 Å². The summed E-state index contributed by atoms with van der Waals surface area (Å²) in [6.07, 6.45) is 5.00. The molecule has 1 atom stereocenters. The lowest BCUT2D eigenvalue weighted by Crippen LogP contribution is -2.32. The van der Waals surface area contributed by atoms with Gasteiger partial charge >= 0.3 is 0 Å². The molecule has 1 aliphatic carbocycles. The molecule has 0 aliphatic heterocycles. The Bertz CT molecular complexity index is 626. The third-order valence-corrected chi connectivity index (χ3v) is 4.53. The molecule has 5 nitrogen and oxygen atoms in total. The summed E-state index contributed by atoms with van der Waals surface area (Å²) in [6.45, 7) is 3.69. The van der Waals surface area contributed by atoms with Gasteiger partial charge in [0.25, 0.3) is 0 Å². The third kappa shape index (κ3) is 3.79. The van der Waals surface area contributed by atoms with E-state index in [9.17, 15) is 5.11 Å². The van der Waals surface area contributed by atoms with Crippen LogP contribution in [0.1, 0.15) is 55.1 Å². The van der Waals surface area contributed by atoms with E-state index >= 15 is 0 Å². The van der Waals surface area contributed by atoms with Gasteiger partial charge in [0, 0.05) is 25.6 Å². The second-order valence-electron chi connectivity index (χ2n) is 6.10. The minimum Gasteiger partial charge on any atom is -0.424 e. The molecule has 1 N–H and O–H groups in total. The number of aryl methyl sites for hydroxylation is 2. The Hall–Kier alpha value is -1.72. The smallest absolute Gasteiger partial charge is 0.230 e. The van der Waals surface area contributed by atoms with Crippen molar-refractivity contribution >= 4 is 0 Å². The number of aromatic nitrogens is 2. The Morgan fingerprint density at radius 2 is 2.09 bits per heavy atom. The maximum absolute atomic E-state index is 9.24. The molecule has 1 heterocycles. The molecule has 124 valence electrons. The van der Waals surface area contributed by atoms with E-state index in [0.29, 0.717) is 24.4 Å². The lowest BCUT2D eigenvalue weighted by molar-refractivity contribution is 0.139. The first kappa shape index (κ1) is 16.1. The molecule has 1 unspecified atom stereocenters. The maximum atomic E-state index is 9.24. The van der Waals surface area contributed by atoms with Crippen LogP contribution in [0.15, 0.2) is 28.7 Å². The zero-order valence-electron chi connectivity index (χ0n) is 13.7. The first-order valence-electron chi connectivity index (χ1n) is 8.55. The third-order valence-electron chi connectivity index (χ3n) is 4.53. The summed E-state index contributed by atoms with van der Waals surface area (Å²) in [5, 5.41) is 17.5. The van der Waals surface area contributed by atoms with Crippen molar-refractivity contribution in [3.8, 4) is 0 Å². The second-order valence-corrected chi connectivity index (χ2v) is 6.10. The van der Waals surface area contributed by atoms with E-state index < -0.39 is 0 Å². The molecular formula is C18H25N3O2. The van der Waals surface area contributed by atoms with E-state index in [1.54, 1.807) is 0 Å². The van der Waals surface area contributed by atoms with Crippen molar-refractivity contribution < 1.29 is 9.52 Å². The number of aliphatic hydroxyl groups excluding tert-OH is 1. The van der Waals surface area contributed by atoms with E-state index in [0.717, 1.165) is 32.2 Å². The van der Waals surface area contributed by atoms with Gasteiger partial charge in [0.15, 0.2) is 0 Å². The van der Waals surface area contributed by atoms with Crippen LogP contribution in [-0.4, -0.2) is 33.4 Å². The topological polar surface area (TPSA) is 62.4 Å². The van der Waals surface area contributed by atoms with Crippen LogP contribution in [0, 0.1) is 0 Å². The minimum atomic E-state index is 0.203. The first-order chi connectivity index (χ1) is 11.3. The number of rotatable bonds is 7. The van der Waals surface area contributed by atoms with Gasteiger partial charge in [0.05, 0.1) is 6.54 Å². The van der Waals surface area contributed by atoms with Crippen molar-refractivity contribution in [3.05, 3.63) is 47.2 Å². The molecule has 3 rings (SSSR count). The predicted octanol–water partition coefficient (Wildman–Crippen LogP) is 2.89. The zero-order valence-corrected chi connectivity index (χ0v) is 13.7. The average Bonchev–Trinajstić information content (AvgIpc) is 3.06. The van der Waals surface area contributed by atoms with Crippen LogP contribution in [0.4, 0.5) is 0 Å². The Balaban J connectivity index is 1.81. The van der Waals surface area contributed by atoms with Crippen molar-refractivity contribution in [3.63, 3.8) is 0 Å². The SMILES string of the molecule is CCc1nnc(CN(CCCO)C2CCCc3ccccc32)o1. The Labute approximate surface area is 137 Å². The fourth-order valence-corrected chi connectivity index (χ4v) is 3.40. The lowest BCUT2D eigenvalue weighted by Gasteiger charge is -2.35. The first-order valence-corrected chi connectivity index (χ1v) is 8.55. The summed E-state index contributed by atoms with van der Waals surface area (Å²) in [4.78, 5) is 2.38. The molecule has 5 heteroatoms. The molecule has 0 radical (unpaired) electrons. The molecule has 0 fully saturated rings. The molecule has 23 heavy (non-hydrogen) atoms. The largest absolute Gasteiger partial charge is 0.424 e. The standard InChI is InChI=1S/C18H25N3O2/c1-2-17-19-20-18(23-17)13-21(11-6-12-22)16-10-5-8-14-7-3-4-9-15(14)16/h3-4,7,9,16,22H,2,5-6,8,10-13H2,1H3. The van der Waals surface area contributed by atoms with Gasteiger partial charge in [-0.05, 0) is 36.8 Å². The molecule has 0 spiro atoms. The van der Waals surface area contributed by atoms with Crippen LogP contribution in [-0.2, 0) is 19.4 Å². The van der Waals surface area contributed by atoms with Crippen molar-refractivity contribution in [1.29, 1.82) is 0 Å². The molecule has 0 amide bonds. The highest BCUT2D eigenvalue weighted by molar-refractivity contribution is 5.32. The van der Waals surface area contributed by atoms with Gasteiger partial charge in [-0.2, -0.15) is 0 Å². The van der Waals surface area contributed by atoms with E-state index in [-0.39, 0.29) is 6.61 Å². The van der Waals surface area contributed by atoms with Crippen molar-refractivity contribution in [2.45, 2.75) is 51.6 Å². The molecule has 1 aromatic carbocycles. The Kier molecular flexibility index (Phi) is 5.41. The maximum Gasteiger partial charge on any atom is 0.230 e. The monoisotopic (exact) mass is 315 g/mol. The van der Waals surface area contributed by atoms with Crippen LogP contribution < -0.4 is 0 Å². The lowest BCUT2D eigenvalue weighted by atomic mass is 9.86. The molecule has 0 saturated heterocycles. The predicted molar refractivity (Wildman–Crippen MR) is 87.9 cm³/mol. The van der Waals surface area contributed by atoms with Crippen LogP contribution in [0.2, 0.25) is 0 Å². The van der Waals surface area contributed by atoms with Gasteiger partial charge < -0.3 is 9.52 Å². The van der Waals surface area contributed by atoms with Crippen LogP contribution >= 0.6 is 0 Å². The highest BCUT2D eigenvalue weighted by Gasteiger charge is 2.26. The Morgan fingerprint density at radius 1 is 1.26 bits per heavy atom. The number of fused-ring (bicyclic) bond motifs is 1. The highest BCUT2D eigenvalue weighted by Crippen LogP contribution is 2.35. The zero-order chi connectivity index (χ0) is 16.1. The number of aliphatic hydroxyl groups is 1. The van der Waals surface area contributed by atoms with Gasteiger partial charge in [-0.25, -0.2) is 0 Å². The van der Waals surface area contributed by atoms with E-state index in [4.69, 9.17) is 4.42 Å². The molecule has 2 aromatic rings. The van der Waals surface area contributed by atoms with E-state index in [2.05, 4.69) is 39.4 Å². The van der Waals surface area contributed by atoms with E-state index in [1.807, 2.05) is 6.92 Å². The number of hydrogen-bond donors (Lipinski definition) is 1. The van der Waals surface area contributed by atoms with E-state index in [1.165, 1.54) is 17.5 Å². The number of nitrogens with zero attached hydrogens (tertiary/aromatic N) is 3. The summed E-state index contributed by atoms with van der Waals surface area (Å²) in [5.74, 6) is 1.36. The quantitative estimate of drug-likeness (QED) is 0.851. The summed E-state index contributed by atoms with van der Waals surface area (Å²) in [7, 11) is 0. The van der Waals surface area contributed by atoms with Gasteiger partial charge in [-0.3, -0.25) is 4.90 Å². The highest BCUT2D eigenvalue weighted by atomic mass is 16.4. The molecule has 0 saturated carbocycles. The summed E-state index contributed by atoms with van der Waals surface area (Å²) in [5.41, 5.74) is 2.85. The summed E-state index contributed by atoms with van der Waals surface area (Å²) in [6, 6.07) is 9.06. The molecular weight excluding hydrogens is 290 g/mol. The summed E-state index contributed by atoms with van der Waals surface area (Å²) >= 11 is 0. The van der Waals surface area contributed by atoms with Crippen LogP contribution in [0.3, 0.4) is 0 Å². The minimum absolute atomic E-state index is 0.203. The molecule has 1 aromatic heterocycles. The van der Waals surface area contributed by atoms with Gasteiger partial charge in [-0.1, -0.05) is 31.2 Å². The van der Waals surface area contributed by atoms with Gasteiger partial charge in [0.1, 0.15) is 0 Å². The fraction of sp³-hybridized carbons (Fsp3) is 0.556. The Morgan fingerprint density at radius 3 is 2.87 bits per heavy atom. The fourth-order valence-electron chi connectivity index (χ4n) is 3.40. The second kappa shape index (κ2) is 7.70. The van der Waals surface area contributed by atoms with Crippen LogP contribution in [0.25, 0.3) is 0 Å². The number of hydrogen-bond acceptors (Lipinski definition) is 5. The number of benzene rings is 1. The van der Waals surface area contributed by atoms with Gasteiger partial charge in [0.2, 0.25) is 11.8 Å². The molecule has 1 aliphatic rings. The average molecular weight is 315 g/mol. The van der Waals surface area contributed by atoms with Crippen molar-refractivity contribution in [2.24, 2.45) is 0 Å². The summed E-state index contributed by atoms with van der Waals surface area (Å²) < 4.78 is 5.70.